The molecule has 29 heavy (non-hydrogen) atoms. The Morgan fingerprint density at radius 2 is 1.93 bits per heavy atom. The van der Waals surface area contributed by atoms with Crippen molar-refractivity contribution in [3.63, 3.8) is 0 Å². The van der Waals surface area contributed by atoms with Crippen LogP contribution >= 0.6 is 15.9 Å². The van der Waals surface area contributed by atoms with Gasteiger partial charge < -0.3 is 20.1 Å². The molecule has 2 N–H and O–H groups in total. The molecule has 0 saturated carbocycles. The summed E-state index contributed by atoms with van der Waals surface area (Å²) >= 11 is 3.46. The fraction of sp³-hybridized carbons (Fsp3) is 0.364. The number of hydrogen-bond acceptors (Lipinski definition) is 4. The van der Waals surface area contributed by atoms with E-state index >= 15 is 0 Å². The number of rotatable bonds is 10. The number of ether oxygens (including phenoxy) is 2. The first-order chi connectivity index (χ1) is 13.9. The number of amides is 2. The van der Waals surface area contributed by atoms with Crippen LogP contribution in [-0.2, 0) is 9.53 Å². The molecule has 0 spiro atoms. The monoisotopic (exact) mass is 462 g/mol. The molecule has 0 aliphatic rings. The molecule has 0 bridgehead atoms. The van der Waals surface area contributed by atoms with Gasteiger partial charge in [0.1, 0.15) is 5.75 Å². The van der Waals surface area contributed by atoms with Crippen molar-refractivity contribution in [1.82, 2.24) is 5.32 Å². The molecule has 156 valence electrons. The standard InChI is InChI=1S/C22H27BrN2O4/c1-15(2)19-13-17(23)8-9-20(19)29-14-21(26)25-18-7-4-6-16(12-18)22(27)24-10-5-11-28-3/h4,6-9,12-13,15H,5,10-11,14H2,1-3H3,(H,24,27)(H,25,26). The van der Waals surface area contributed by atoms with Gasteiger partial charge in [0, 0.05) is 36.0 Å². The molecule has 6 nitrogen and oxygen atoms in total. The van der Waals surface area contributed by atoms with E-state index < -0.39 is 0 Å². The lowest BCUT2D eigenvalue weighted by Crippen LogP contribution is -2.25. The Morgan fingerprint density at radius 3 is 2.66 bits per heavy atom. The van der Waals surface area contributed by atoms with Crippen LogP contribution in [0.2, 0.25) is 0 Å². The van der Waals surface area contributed by atoms with Crippen molar-refractivity contribution in [3.8, 4) is 5.75 Å². The summed E-state index contributed by atoms with van der Waals surface area (Å²) in [5.74, 6) is 0.470. The molecule has 0 aliphatic heterocycles. The lowest BCUT2D eigenvalue weighted by Gasteiger charge is -2.14. The van der Waals surface area contributed by atoms with Gasteiger partial charge in [-0.2, -0.15) is 0 Å². The summed E-state index contributed by atoms with van der Waals surface area (Å²) < 4.78 is 11.6. The van der Waals surface area contributed by atoms with Crippen molar-refractivity contribution in [2.45, 2.75) is 26.2 Å². The van der Waals surface area contributed by atoms with Gasteiger partial charge in [-0.1, -0.05) is 35.8 Å². The number of hydrogen-bond donors (Lipinski definition) is 2. The molecular formula is C22H27BrN2O4. The normalized spacial score (nSPS) is 10.7. The van der Waals surface area contributed by atoms with Crippen LogP contribution in [0, 0.1) is 0 Å². The second-order valence-corrected chi connectivity index (χ2v) is 7.77. The first kappa shape index (κ1) is 22.9. The highest BCUT2D eigenvalue weighted by Gasteiger charge is 2.12. The molecule has 0 unspecified atom stereocenters. The van der Waals surface area contributed by atoms with Gasteiger partial charge in [-0.15, -0.1) is 0 Å². The maximum atomic E-state index is 12.3. The first-order valence-corrected chi connectivity index (χ1v) is 10.3. The molecule has 0 radical (unpaired) electrons. The predicted molar refractivity (Wildman–Crippen MR) is 118 cm³/mol. The molecule has 2 aromatic rings. The molecule has 0 atom stereocenters. The van der Waals surface area contributed by atoms with Crippen LogP contribution in [0.1, 0.15) is 42.1 Å². The van der Waals surface area contributed by atoms with Gasteiger partial charge >= 0.3 is 0 Å². The molecule has 0 aliphatic carbocycles. The Kier molecular flexibility index (Phi) is 9.15. The van der Waals surface area contributed by atoms with Crippen LogP contribution in [0.4, 0.5) is 5.69 Å². The maximum absolute atomic E-state index is 12.3. The minimum atomic E-state index is -0.291. The van der Waals surface area contributed by atoms with Crippen LogP contribution in [-0.4, -0.2) is 38.7 Å². The first-order valence-electron chi connectivity index (χ1n) is 9.50. The third-order valence-electron chi connectivity index (χ3n) is 4.17. The van der Waals surface area contributed by atoms with E-state index in [1.165, 1.54) is 0 Å². The fourth-order valence-corrected chi connectivity index (χ4v) is 3.08. The molecule has 2 amide bonds. The number of halogens is 1. The van der Waals surface area contributed by atoms with E-state index in [1.54, 1.807) is 31.4 Å². The van der Waals surface area contributed by atoms with Gasteiger partial charge in [0.25, 0.3) is 11.8 Å². The largest absolute Gasteiger partial charge is 0.483 e. The van der Waals surface area contributed by atoms with Gasteiger partial charge in [0.15, 0.2) is 6.61 Å². The molecule has 2 rings (SSSR count). The second kappa shape index (κ2) is 11.6. The topological polar surface area (TPSA) is 76.7 Å². The van der Waals surface area contributed by atoms with Crippen LogP contribution in [0.3, 0.4) is 0 Å². The van der Waals surface area contributed by atoms with E-state index in [9.17, 15) is 9.59 Å². The van der Waals surface area contributed by atoms with Gasteiger partial charge in [-0.3, -0.25) is 9.59 Å². The third kappa shape index (κ3) is 7.51. The summed E-state index contributed by atoms with van der Waals surface area (Å²) in [5, 5.41) is 5.59. The van der Waals surface area contributed by atoms with E-state index in [0.717, 1.165) is 16.5 Å². The summed E-state index contributed by atoms with van der Waals surface area (Å²) in [6, 6.07) is 12.5. The van der Waals surface area contributed by atoms with Crippen LogP contribution in [0.5, 0.6) is 5.75 Å². The number of anilines is 1. The molecular weight excluding hydrogens is 436 g/mol. The lowest BCUT2D eigenvalue weighted by molar-refractivity contribution is -0.118. The fourth-order valence-electron chi connectivity index (χ4n) is 2.70. The van der Waals surface area contributed by atoms with E-state index in [2.05, 4.69) is 40.4 Å². The smallest absolute Gasteiger partial charge is 0.262 e. The Balaban J connectivity index is 1.92. The summed E-state index contributed by atoms with van der Waals surface area (Å²) in [7, 11) is 1.62. The Hall–Kier alpha value is -2.38. The number of methoxy groups -OCH3 is 1. The number of carbonyl (C=O) groups is 2. The highest BCUT2D eigenvalue weighted by atomic mass is 79.9. The SMILES string of the molecule is COCCCNC(=O)c1cccc(NC(=O)COc2ccc(Br)cc2C(C)C)c1. The Morgan fingerprint density at radius 1 is 1.14 bits per heavy atom. The Labute approximate surface area is 180 Å². The highest BCUT2D eigenvalue weighted by Crippen LogP contribution is 2.29. The molecule has 2 aromatic carbocycles. The third-order valence-corrected chi connectivity index (χ3v) is 4.67. The van der Waals surface area contributed by atoms with Gasteiger partial charge in [0.2, 0.25) is 0 Å². The molecule has 0 fully saturated rings. The predicted octanol–water partition coefficient (Wildman–Crippen LogP) is 4.36. The zero-order chi connectivity index (χ0) is 21.2. The van der Waals surface area contributed by atoms with E-state index in [1.807, 2.05) is 18.2 Å². The molecule has 0 saturated heterocycles. The molecule has 0 aromatic heterocycles. The summed E-state index contributed by atoms with van der Waals surface area (Å²) in [5.41, 5.74) is 2.05. The maximum Gasteiger partial charge on any atom is 0.262 e. The van der Waals surface area contributed by atoms with E-state index in [4.69, 9.17) is 9.47 Å². The summed E-state index contributed by atoms with van der Waals surface area (Å²) in [6.07, 6.45) is 0.741. The zero-order valence-corrected chi connectivity index (χ0v) is 18.5. The van der Waals surface area contributed by atoms with Crippen LogP contribution in [0.15, 0.2) is 46.9 Å². The number of carbonyl (C=O) groups excluding carboxylic acids is 2. The van der Waals surface area contributed by atoms with Crippen LogP contribution < -0.4 is 15.4 Å². The zero-order valence-electron chi connectivity index (χ0n) is 17.0. The number of nitrogens with one attached hydrogen (secondary N) is 2. The van der Waals surface area contributed by atoms with Crippen molar-refractivity contribution in [2.75, 3.05) is 32.2 Å². The highest BCUT2D eigenvalue weighted by molar-refractivity contribution is 9.10. The van der Waals surface area contributed by atoms with Gasteiger partial charge in [-0.25, -0.2) is 0 Å². The second-order valence-electron chi connectivity index (χ2n) is 6.86. The van der Waals surface area contributed by atoms with Crippen molar-refractivity contribution < 1.29 is 19.1 Å². The summed E-state index contributed by atoms with van der Waals surface area (Å²) in [6.45, 7) is 5.14. The van der Waals surface area contributed by atoms with Crippen molar-refractivity contribution >= 4 is 33.4 Å². The minimum absolute atomic E-state index is 0.116. The lowest BCUT2D eigenvalue weighted by atomic mass is 10.0. The van der Waals surface area contributed by atoms with Crippen molar-refractivity contribution in [2.24, 2.45) is 0 Å². The summed E-state index contributed by atoms with van der Waals surface area (Å²) in [4.78, 5) is 24.5. The minimum Gasteiger partial charge on any atom is -0.483 e. The average molecular weight is 463 g/mol. The van der Waals surface area contributed by atoms with E-state index in [-0.39, 0.29) is 24.3 Å². The van der Waals surface area contributed by atoms with Crippen molar-refractivity contribution in [3.05, 3.63) is 58.1 Å². The number of benzene rings is 2. The van der Waals surface area contributed by atoms with Crippen LogP contribution in [0.25, 0.3) is 0 Å². The molecule has 0 heterocycles. The quantitative estimate of drug-likeness (QED) is 0.514. The van der Waals surface area contributed by atoms with E-state index in [0.29, 0.717) is 30.2 Å². The Bertz CT molecular complexity index is 839. The van der Waals surface area contributed by atoms with Gasteiger partial charge in [-0.05, 0) is 54.3 Å². The van der Waals surface area contributed by atoms with Crippen molar-refractivity contribution in [1.29, 1.82) is 0 Å². The van der Waals surface area contributed by atoms with Gasteiger partial charge in [0.05, 0.1) is 0 Å². The molecule has 7 heteroatoms. The average Bonchev–Trinajstić information content (AvgIpc) is 2.70.